The summed E-state index contributed by atoms with van der Waals surface area (Å²) in [4.78, 5) is 55.9. The molecule has 2 N–H and O–H groups in total. The van der Waals surface area contributed by atoms with Crippen LogP contribution >= 0.6 is 23.1 Å². The van der Waals surface area contributed by atoms with Gasteiger partial charge in [-0.3, -0.25) is 19.2 Å². The van der Waals surface area contributed by atoms with Crippen molar-refractivity contribution in [1.29, 1.82) is 0 Å². The van der Waals surface area contributed by atoms with Gasteiger partial charge >= 0.3 is 4.87 Å². The smallest absolute Gasteiger partial charge is 0.305 e. The number of H-pyrrole nitrogens is 1. The Labute approximate surface area is 229 Å². The van der Waals surface area contributed by atoms with Gasteiger partial charge in [0.2, 0.25) is 11.8 Å². The zero-order valence-corrected chi connectivity index (χ0v) is 21.8. The van der Waals surface area contributed by atoms with Crippen molar-refractivity contribution >= 4 is 52.2 Å². The summed E-state index contributed by atoms with van der Waals surface area (Å²) in [6, 6.07) is 21.2. The van der Waals surface area contributed by atoms with E-state index in [1.807, 2.05) is 18.2 Å². The number of thioether (sulfide) groups is 1. The van der Waals surface area contributed by atoms with Gasteiger partial charge in [-0.25, -0.2) is 9.29 Å². The Hall–Kier alpha value is -4.22. The highest BCUT2D eigenvalue weighted by atomic mass is 32.2. The fourth-order valence-corrected chi connectivity index (χ4v) is 7.37. The van der Waals surface area contributed by atoms with Crippen LogP contribution in [0.1, 0.15) is 16.4 Å². The van der Waals surface area contributed by atoms with Gasteiger partial charge in [-0.15, -0.1) is 0 Å². The van der Waals surface area contributed by atoms with E-state index in [1.165, 1.54) is 36.0 Å². The summed E-state index contributed by atoms with van der Waals surface area (Å²) >= 11 is 2.19. The number of amides is 3. The van der Waals surface area contributed by atoms with Crippen molar-refractivity contribution in [2.24, 2.45) is 5.92 Å². The highest BCUT2D eigenvalue weighted by Crippen LogP contribution is 2.53. The average Bonchev–Trinajstić information content (AvgIpc) is 3.43. The topological polar surface area (TPSA) is 109 Å². The number of anilines is 2. The normalized spacial score (nSPS) is 19.9. The zero-order chi connectivity index (χ0) is 27.1. The lowest BCUT2D eigenvalue weighted by molar-refractivity contribution is -0.122. The van der Waals surface area contributed by atoms with Gasteiger partial charge in [0.05, 0.1) is 16.6 Å². The van der Waals surface area contributed by atoms with E-state index in [0.29, 0.717) is 27.0 Å². The molecular formula is C28H20FN3O5S2. The van der Waals surface area contributed by atoms with Crippen LogP contribution in [0.2, 0.25) is 0 Å². The van der Waals surface area contributed by atoms with E-state index >= 15 is 0 Å². The number of carbonyl (C=O) groups is 3. The first-order chi connectivity index (χ1) is 18.9. The molecule has 39 heavy (non-hydrogen) atoms. The molecule has 3 unspecified atom stereocenters. The van der Waals surface area contributed by atoms with Crippen molar-refractivity contribution < 1.29 is 23.5 Å². The number of imide groups is 1. The molecular weight excluding hydrogens is 541 g/mol. The molecule has 4 aromatic rings. The maximum atomic E-state index is 13.7. The van der Waals surface area contributed by atoms with Crippen LogP contribution in [0.25, 0.3) is 0 Å². The van der Waals surface area contributed by atoms with Crippen LogP contribution < -0.4 is 19.8 Å². The lowest BCUT2D eigenvalue weighted by Gasteiger charge is -2.29. The van der Waals surface area contributed by atoms with Gasteiger partial charge in [-0.05, 0) is 54.1 Å². The molecule has 8 nitrogen and oxygen atoms in total. The number of para-hydroxylation sites is 1. The summed E-state index contributed by atoms with van der Waals surface area (Å²) in [5, 5.41) is 2.57. The number of thiazole rings is 1. The highest BCUT2D eigenvalue weighted by Gasteiger charge is 2.56. The number of carbonyl (C=O) groups excluding carboxylic acids is 3. The van der Waals surface area contributed by atoms with Crippen LogP contribution in [-0.4, -0.2) is 34.6 Å². The average molecular weight is 562 g/mol. The van der Waals surface area contributed by atoms with Crippen LogP contribution in [-0.2, 0) is 14.4 Å². The standard InChI is InChI=1S/C28H20FN3O5S2/c29-16-8-10-18(11-9-16)32-26(34)22-21(23-25(31-28(36)39-23)38-24(22)27(32)35)15-6-12-19(13-7-15)37-14-20(33)30-17-4-2-1-3-5-17/h1-13,21-22,24H,14H2,(H,30,33)(H,31,36). The van der Waals surface area contributed by atoms with E-state index in [1.54, 1.807) is 36.4 Å². The van der Waals surface area contributed by atoms with Crippen LogP contribution in [0.4, 0.5) is 15.8 Å². The van der Waals surface area contributed by atoms with Gasteiger partial charge in [-0.2, -0.15) is 0 Å². The molecule has 0 spiro atoms. The molecule has 3 heterocycles. The number of halogens is 1. The summed E-state index contributed by atoms with van der Waals surface area (Å²) in [5.74, 6) is -2.44. The number of benzene rings is 3. The van der Waals surface area contributed by atoms with Crippen LogP contribution in [0.5, 0.6) is 5.75 Å². The first kappa shape index (κ1) is 25.1. The monoisotopic (exact) mass is 561 g/mol. The van der Waals surface area contributed by atoms with Gasteiger partial charge < -0.3 is 15.0 Å². The van der Waals surface area contributed by atoms with Gasteiger partial charge in [0.25, 0.3) is 5.91 Å². The molecule has 196 valence electrons. The Bertz CT molecular complexity index is 1620. The van der Waals surface area contributed by atoms with Crippen LogP contribution in [0.15, 0.2) is 88.7 Å². The quantitative estimate of drug-likeness (QED) is 0.338. The minimum absolute atomic E-state index is 0.192. The predicted octanol–water partition coefficient (Wildman–Crippen LogP) is 4.39. The third-order valence-corrected chi connectivity index (χ3v) is 8.98. The molecule has 0 radical (unpaired) electrons. The highest BCUT2D eigenvalue weighted by molar-refractivity contribution is 8.00. The molecule has 3 amide bonds. The number of nitrogens with zero attached hydrogens (tertiary/aromatic N) is 1. The van der Waals surface area contributed by atoms with Crippen LogP contribution in [0, 0.1) is 11.7 Å². The third kappa shape index (κ3) is 4.75. The maximum absolute atomic E-state index is 13.7. The summed E-state index contributed by atoms with van der Waals surface area (Å²) in [7, 11) is 0. The largest absolute Gasteiger partial charge is 0.484 e. The molecule has 0 saturated carbocycles. The Kier molecular flexibility index (Phi) is 6.53. The summed E-state index contributed by atoms with van der Waals surface area (Å²) < 4.78 is 19.1. The molecule has 6 rings (SSSR count). The molecule has 0 bridgehead atoms. The number of hydrogen-bond donors (Lipinski definition) is 2. The summed E-state index contributed by atoms with van der Waals surface area (Å²) in [6.45, 7) is -0.192. The summed E-state index contributed by atoms with van der Waals surface area (Å²) in [6.07, 6.45) is 0. The van der Waals surface area contributed by atoms with E-state index in [9.17, 15) is 23.6 Å². The lowest BCUT2D eigenvalue weighted by atomic mass is 9.83. The molecule has 1 fully saturated rings. The van der Waals surface area contributed by atoms with E-state index in [2.05, 4.69) is 10.3 Å². The second-order valence-corrected chi connectivity index (χ2v) is 11.2. The van der Waals surface area contributed by atoms with E-state index in [-0.39, 0.29) is 17.4 Å². The van der Waals surface area contributed by atoms with Crippen molar-refractivity contribution in [3.63, 3.8) is 0 Å². The fraction of sp³-hybridized carbons (Fsp3) is 0.143. The Balaban J connectivity index is 1.25. The van der Waals surface area contributed by atoms with Gasteiger partial charge in [-0.1, -0.05) is 53.4 Å². The van der Waals surface area contributed by atoms with E-state index in [4.69, 9.17) is 4.74 Å². The van der Waals surface area contributed by atoms with Crippen molar-refractivity contribution in [3.05, 3.63) is 105 Å². The van der Waals surface area contributed by atoms with Gasteiger partial charge in [0.1, 0.15) is 16.8 Å². The third-order valence-electron chi connectivity index (χ3n) is 6.58. The number of hydrogen-bond acceptors (Lipinski definition) is 7. The molecule has 1 aromatic heterocycles. The zero-order valence-electron chi connectivity index (χ0n) is 20.1. The van der Waals surface area contributed by atoms with Crippen molar-refractivity contribution in [2.75, 3.05) is 16.8 Å². The number of ether oxygens (including phenoxy) is 1. The molecule has 2 aliphatic rings. The molecule has 11 heteroatoms. The second kappa shape index (κ2) is 10.2. The first-order valence-electron chi connectivity index (χ1n) is 12.0. The molecule has 2 aliphatic heterocycles. The van der Waals surface area contributed by atoms with E-state index in [0.717, 1.165) is 21.8 Å². The Morgan fingerprint density at radius 3 is 2.38 bits per heavy atom. The second-order valence-electron chi connectivity index (χ2n) is 9.01. The number of fused-ring (bicyclic) bond motifs is 2. The van der Waals surface area contributed by atoms with Crippen molar-refractivity contribution in [3.8, 4) is 5.75 Å². The predicted molar refractivity (Wildman–Crippen MR) is 146 cm³/mol. The van der Waals surface area contributed by atoms with E-state index < -0.39 is 34.7 Å². The summed E-state index contributed by atoms with van der Waals surface area (Å²) in [5.41, 5.74) is 1.69. The number of aromatic nitrogens is 1. The molecule has 3 atom stereocenters. The van der Waals surface area contributed by atoms with Gasteiger partial charge in [0, 0.05) is 16.5 Å². The minimum Gasteiger partial charge on any atom is -0.484 e. The van der Waals surface area contributed by atoms with Crippen LogP contribution in [0.3, 0.4) is 0 Å². The number of aromatic amines is 1. The van der Waals surface area contributed by atoms with Crippen molar-refractivity contribution in [1.82, 2.24) is 4.98 Å². The number of nitrogens with one attached hydrogen (secondary N) is 2. The fourth-order valence-electron chi connectivity index (χ4n) is 4.86. The molecule has 3 aromatic carbocycles. The van der Waals surface area contributed by atoms with Gasteiger partial charge in [0.15, 0.2) is 6.61 Å². The Morgan fingerprint density at radius 1 is 0.949 bits per heavy atom. The SMILES string of the molecule is O=C(COc1ccc(C2c3sc(=O)[nH]c3SC3C(=O)N(c4ccc(F)cc4)C(=O)C32)cc1)Nc1ccccc1. The lowest BCUT2D eigenvalue weighted by Crippen LogP contribution is -2.32. The minimum atomic E-state index is -0.755. The first-order valence-corrected chi connectivity index (χ1v) is 13.7. The molecule has 0 aliphatic carbocycles. The number of rotatable bonds is 6. The molecule has 1 saturated heterocycles. The maximum Gasteiger partial charge on any atom is 0.305 e. The van der Waals surface area contributed by atoms with Crippen molar-refractivity contribution in [2.45, 2.75) is 16.2 Å². The Morgan fingerprint density at radius 2 is 1.67 bits per heavy atom.